The number of nitrogens with one attached hydrogen (secondary N) is 1. The molecule has 1 amide bonds. The summed E-state index contributed by atoms with van der Waals surface area (Å²) in [6.07, 6.45) is 4.02. The number of carbonyl (C=O) groups is 1. The van der Waals surface area contributed by atoms with Crippen molar-refractivity contribution in [3.05, 3.63) is 52.9 Å². The molecule has 98 valence electrons. The fourth-order valence-corrected chi connectivity index (χ4v) is 2.48. The largest absolute Gasteiger partial charge is 0.352 e. The van der Waals surface area contributed by atoms with Gasteiger partial charge in [0.1, 0.15) is 0 Å². The van der Waals surface area contributed by atoms with Gasteiger partial charge in [-0.05, 0) is 13.0 Å². The molecule has 0 aliphatic rings. The molecular formula is C15H16N2OS. The highest BCUT2D eigenvalue weighted by Crippen LogP contribution is 2.21. The van der Waals surface area contributed by atoms with Gasteiger partial charge >= 0.3 is 0 Å². The Hall–Kier alpha value is -1.94. The first-order valence-electron chi connectivity index (χ1n) is 6.20. The van der Waals surface area contributed by atoms with Gasteiger partial charge in [0.05, 0.1) is 10.7 Å². The highest BCUT2D eigenvalue weighted by molar-refractivity contribution is 7.09. The molecule has 2 aromatic rings. The Morgan fingerprint density at radius 1 is 1.37 bits per heavy atom. The van der Waals surface area contributed by atoms with E-state index in [-0.39, 0.29) is 5.91 Å². The molecule has 0 saturated carbocycles. The average Bonchev–Trinajstić information content (AvgIpc) is 2.89. The summed E-state index contributed by atoms with van der Waals surface area (Å²) in [5, 5.41) is 5.92. The summed E-state index contributed by atoms with van der Waals surface area (Å²) in [5.41, 5.74) is 2.13. The molecule has 0 radical (unpaired) electrons. The van der Waals surface area contributed by atoms with E-state index in [2.05, 4.69) is 15.7 Å². The van der Waals surface area contributed by atoms with Crippen molar-refractivity contribution >= 4 is 17.2 Å². The van der Waals surface area contributed by atoms with Gasteiger partial charge in [0.25, 0.3) is 0 Å². The first-order chi connectivity index (χ1) is 9.29. The van der Waals surface area contributed by atoms with Crippen LogP contribution in [0.15, 0.2) is 47.9 Å². The van der Waals surface area contributed by atoms with Crippen molar-refractivity contribution in [3.8, 4) is 11.3 Å². The Kier molecular flexibility index (Phi) is 4.86. The van der Waals surface area contributed by atoms with Crippen LogP contribution in [0.3, 0.4) is 0 Å². The Labute approximate surface area is 117 Å². The molecule has 2 rings (SSSR count). The minimum absolute atomic E-state index is 0.0534. The lowest BCUT2D eigenvalue weighted by atomic mass is 10.2. The molecule has 1 N–H and O–H groups in total. The summed E-state index contributed by atoms with van der Waals surface area (Å²) in [6, 6.07) is 10.1. The van der Waals surface area contributed by atoms with E-state index >= 15 is 0 Å². The maximum absolute atomic E-state index is 11.2. The molecule has 19 heavy (non-hydrogen) atoms. The van der Waals surface area contributed by atoms with Gasteiger partial charge in [0.2, 0.25) is 5.91 Å². The van der Waals surface area contributed by atoms with E-state index in [1.165, 1.54) is 6.08 Å². The SMILES string of the molecule is C/C=C/C(=O)NCCc1nc(-c2ccccc2)cs1. The third-order valence-corrected chi connectivity index (χ3v) is 3.49. The molecule has 0 saturated heterocycles. The van der Waals surface area contributed by atoms with Crippen molar-refractivity contribution in [1.29, 1.82) is 0 Å². The van der Waals surface area contributed by atoms with E-state index < -0.39 is 0 Å². The predicted molar refractivity (Wildman–Crippen MR) is 79.1 cm³/mol. The van der Waals surface area contributed by atoms with E-state index in [1.54, 1.807) is 17.4 Å². The zero-order chi connectivity index (χ0) is 13.5. The predicted octanol–water partition coefficient (Wildman–Crippen LogP) is 3.04. The van der Waals surface area contributed by atoms with Gasteiger partial charge in [0.15, 0.2) is 0 Å². The zero-order valence-corrected chi connectivity index (χ0v) is 11.6. The van der Waals surface area contributed by atoms with E-state index in [0.717, 1.165) is 22.7 Å². The van der Waals surface area contributed by atoms with Crippen LogP contribution >= 0.6 is 11.3 Å². The van der Waals surface area contributed by atoms with Crippen LogP contribution in [0.25, 0.3) is 11.3 Å². The fourth-order valence-electron chi connectivity index (χ4n) is 1.67. The molecule has 1 heterocycles. The molecular weight excluding hydrogens is 256 g/mol. The summed E-state index contributed by atoms with van der Waals surface area (Å²) in [7, 11) is 0. The third kappa shape index (κ3) is 4.03. The topological polar surface area (TPSA) is 42.0 Å². The molecule has 1 aromatic carbocycles. The molecule has 0 aliphatic carbocycles. The van der Waals surface area contributed by atoms with Gasteiger partial charge in [0, 0.05) is 23.9 Å². The summed E-state index contributed by atoms with van der Waals surface area (Å²) in [4.78, 5) is 15.8. The fraction of sp³-hybridized carbons (Fsp3) is 0.200. The van der Waals surface area contributed by atoms with Gasteiger partial charge in [-0.25, -0.2) is 4.98 Å². The van der Waals surface area contributed by atoms with Gasteiger partial charge in [-0.2, -0.15) is 0 Å². The Morgan fingerprint density at radius 2 is 2.16 bits per heavy atom. The van der Waals surface area contributed by atoms with Crippen LogP contribution in [0.5, 0.6) is 0 Å². The number of hydrogen-bond donors (Lipinski definition) is 1. The Balaban J connectivity index is 1.90. The first-order valence-corrected chi connectivity index (χ1v) is 7.08. The van der Waals surface area contributed by atoms with Crippen LogP contribution in [0.4, 0.5) is 0 Å². The van der Waals surface area contributed by atoms with Crippen molar-refractivity contribution in [3.63, 3.8) is 0 Å². The lowest BCUT2D eigenvalue weighted by Crippen LogP contribution is -2.23. The van der Waals surface area contributed by atoms with Crippen molar-refractivity contribution in [2.24, 2.45) is 0 Å². The van der Waals surface area contributed by atoms with Gasteiger partial charge in [-0.15, -0.1) is 11.3 Å². The highest BCUT2D eigenvalue weighted by atomic mass is 32.1. The van der Waals surface area contributed by atoms with Crippen molar-refractivity contribution in [1.82, 2.24) is 10.3 Å². The minimum atomic E-state index is -0.0534. The first kappa shape index (κ1) is 13.5. The smallest absolute Gasteiger partial charge is 0.243 e. The van der Waals surface area contributed by atoms with Gasteiger partial charge < -0.3 is 5.32 Å². The number of nitrogens with zero attached hydrogens (tertiary/aromatic N) is 1. The molecule has 0 aliphatic heterocycles. The molecule has 1 aromatic heterocycles. The monoisotopic (exact) mass is 272 g/mol. The van der Waals surface area contributed by atoms with Crippen LogP contribution in [-0.2, 0) is 11.2 Å². The molecule has 0 spiro atoms. The Bertz CT molecular complexity index is 561. The quantitative estimate of drug-likeness (QED) is 0.850. The summed E-state index contributed by atoms with van der Waals surface area (Å²) in [6.45, 7) is 2.44. The number of benzene rings is 1. The van der Waals surface area contributed by atoms with E-state index in [4.69, 9.17) is 0 Å². The molecule has 0 unspecified atom stereocenters. The van der Waals surface area contributed by atoms with Crippen LogP contribution in [-0.4, -0.2) is 17.4 Å². The molecule has 0 atom stereocenters. The summed E-state index contributed by atoms with van der Waals surface area (Å²) >= 11 is 1.63. The molecule has 4 heteroatoms. The number of hydrogen-bond acceptors (Lipinski definition) is 3. The maximum Gasteiger partial charge on any atom is 0.243 e. The second-order valence-electron chi connectivity index (χ2n) is 4.03. The number of thiazole rings is 1. The molecule has 0 fully saturated rings. The second kappa shape index (κ2) is 6.85. The number of carbonyl (C=O) groups excluding carboxylic acids is 1. The highest BCUT2D eigenvalue weighted by Gasteiger charge is 2.04. The van der Waals surface area contributed by atoms with Crippen molar-refractivity contribution in [2.45, 2.75) is 13.3 Å². The molecule has 0 bridgehead atoms. The number of amides is 1. The van der Waals surface area contributed by atoms with Gasteiger partial charge in [-0.3, -0.25) is 4.79 Å². The van der Waals surface area contributed by atoms with Crippen molar-refractivity contribution in [2.75, 3.05) is 6.54 Å². The second-order valence-corrected chi connectivity index (χ2v) is 4.98. The maximum atomic E-state index is 11.2. The third-order valence-electron chi connectivity index (χ3n) is 2.58. The molecule has 3 nitrogen and oxygen atoms in total. The van der Waals surface area contributed by atoms with Crippen molar-refractivity contribution < 1.29 is 4.79 Å². The Morgan fingerprint density at radius 3 is 2.89 bits per heavy atom. The number of allylic oxidation sites excluding steroid dienone is 1. The van der Waals surface area contributed by atoms with Crippen LogP contribution in [0.2, 0.25) is 0 Å². The zero-order valence-electron chi connectivity index (χ0n) is 10.8. The van der Waals surface area contributed by atoms with E-state index in [1.807, 2.05) is 37.3 Å². The van der Waals surface area contributed by atoms with E-state index in [0.29, 0.717) is 6.54 Å². The number of aromatic nitrogens is 1. The van der Waals surface area contributed by atoms with Crippen LogP contribution in [0.1, 0.15) is 11.9 Å². The normalized spacial score (nSPS) is 10.8. The lowest BCUT2D eigenvalue weighted by Gasteiger charge is -1.99. The average molecular weight is 272 g/mol. The van der Waals surface area contributed by atoms with Crippen LogP contribution < -0.4 is 5.32 Å². The standard InChI is InChI=1S/C15H16N2OS/c1-2-6-14(18)16-10-9-15-17-13(11-19-15)12-7-4-3-5-8-12/h2-8,11H,9-10H2,1H3,(H,16,18)/b6-2+. The van der Waals surface area contributed by atoms with Gasteiger partial charge in [-0.1, -0.05) is 36.4 Å². The minimum Gasteiger partial charge on any atom is -0.352 e. The lowest BCUT2D eigenvalue weighted by molar-refractivity contribution is -0.116. The van der Waals surface area contributed by atoms with Crippen LogP contribution in [0, 0.1) is 0 Å². The summed E-state index contributed by atoms with van der Waals surface area (Å²) < 4.78 is 0. The van der Waals surface area contributed by atoms with E-state index in [9.17, 15) is 4.79 Å². The summed E-state index contributed by atoms with van der Waals surface area (Å²) in [5.74, 6) is -0.0534. The number of rotatable bonds is 5.